The minimum atomic E-state index is 0.0274. The molecule has 1 amide bonds. The van der Waals surface area contributed by atoms with Gasteiger partial charge in [0.15, 0.2) is 0 Å². The molecule has 0 aliphatic carbocycles. The number of aryl methyl sites for hydroxylation is 1. The van der Waals surface area contributed by atoms with Gasteiger partial charge in [0.05, 0.1) is 6.42 Å². The summed E-state index contributed by atoms with van der Waals surface area (Å²) < 4.78 is 0. The van der Waals surface area contributed by atoms with Crippen LogP contribution < -0.4 is 5.32 Å². The van der Waals surface area contributed by atoms with Crippen molar-refractivity contribution >= 4 is 16.8 Å². The summed E-state index contributed by atoms with van der Waals surface area (Å²) in [7, 11) is 0. The second-order valence-corrected chi connectivity index (χ2v) is 5.32. The second-order valence-electron chi connectivity index (χ2n) is 5.32. The topological polar surface area (TPSA) is 65.1 Å². The molecule has 2 aromatic rings. The number of amides is 1. The number of H-pyrrole nitrogens is 1. The molecule has 0 saturated heterocycles. The fourth-order valence-electron chi connectivity index (χ4n) is 2.56. The lowest BCUT2D eigenvalue weighted by Crippen LogP contribution is -2.33. The molecule has 20 heavy (non-hydrogen) atoms. The van der Waals surface area contributed by atoms with E-state index < -0.39 is 0 Å². The number of aliphatic hydroxyl groups is 1. The van der Waals surface area contributed by atoms with Crippen LogP contribution >= 0.6 is 0 Å². The van der Waals surface area contributed by atoms with Crippen molar-refractivity contribution in [2.24, 2.45) is 0 Å². The quantitative estimate of drug-likeness (QED) is 0.756. The maximum atomic E-state index is 12.1. The Kier molecular flexibility index (Phi) is 4.79. The fourth-order valence-corrected chi connectivity index (χ4v) is 2.56. The number of carbonyl (C=O) groups is 1. The highest BCUT2D eigenvalue weighted by Gasteiger charge is 2.12. The van der Waals surface area contributed by atoms with Gasteiger partial charge >= 0.3 is 0 Å². The van der Waals surface area contributed by atoms with E-state index in [2.05, 4.69) is 23.3 Å². The predicted octanol–water partition coefficient (Wildman–Crippen LogP) is 2.30. The molecule has 1 unspecified atom stereocenters. The van der Waals surface area contributed by atoms with Crippen molar-refractivity contribution in [2.45, 2.75) is 39.2 Å². The lowest BCUT2D eigenvalue weighted by atomic mass is 10.0. The van der Waals surface area contributed by atoms with E-state index >= 15 is 0 Å². The number of carbonyl (C=O) groups excluding carboxylic acids is 1. The van der Waals surface area contributed by atoms with Gasteiger partial charge in [-0.3, -0.25) is 4.79 Å². The molecular weight excluding hydrogens is 252 g/mol. The Morgan fingerprint density at radius 2 is 2.25 bits per heavy atom. The number of rotatable bonds is 6. The van der Waals surface area contributed by atoms with Gasteiger partial charge in [0.1, 0.15) is 0 Å². The van der Waals surface area contributed by atoms with Crippen LogP contribution in [0.25, 0.3) is 10.9 Å². The molecule has 0 spiro atoms. The van der Waals surface area contributed by atoms with Gasteiger partial charge in [0, 0.05) is 29.7 Å². The van der Waals surface area contributed by atoms with Crippen LogP contribution in [0.2, 0.25) is 0 Å². The summed E-state index contributed by atoms with van der Waals surface area (Å²) in [6.07, 6.45) is 3.81. The first-order valence-electron chi connectivity index (χ1n) is 7.07. The molecule has 0 radical (unpaired) electrons. The monoisotopic (exact) mass is 274 g/mol. The van der Waals surface area contributed by atoms with Gasteiger partial charge in [-0.2, -0.15) is 0 Å². The Morgan fingerprint density at radius 3 is 3.00 bits per heavy atom. The number of aliphatic hydroxyl groups excluding tert-OH is 1. The number of hydrogen-bond donors (Lipinski definition) is 3. The maximum absolute atomic E-state index is 12.1. The third-order valence-electron chi connectivity index (χ3n) is 3.55. The first-order valence-corrected chi connectivity index (χ1v) is 7.07. The second kappa shape index (κ2) is 6.57. The first-order chi connectivity index (χ1) is 9.61. The van der Waals surface area contributed by atoms with Gasteiger partial charge in [-0.1, -0.05) is 12.1 Å². The van der Waals surface area contributed by atoms with Crippen LogP contribution in [-0.2, 0) is 11.2 Å². The van der Waals surface area contributed by atoms with Gasteiger partial charge in [0.2, 0.25) is 5.91 Å². The van der Waals surface area contributed by atoms with Crippen LogP contribution in [0.1, 0.15) is 30.9 Å². The summed E-state index contributed by atoms with van der Waals surface area (Å²) in [5.41, 5.74) is 3.28. The number of nitrogens with one attached hydrogen (secondary N) is 2. The SMILES string of the molecule is Cc1cccc2[nH]cc(CC(=O)NC(C)CCCO)c12. The van der Waals surface area contributed by atoms with Crippen molar-refractivity contribution in [3.63, 3.8) is 0 Å². The summed E-state index contributed by atoms with van der Waals surface area (Å²) in [6, 6.07) is 6.19. The van der Waals surface area contributed by atoms with Crippen LogP contribution in [0.3, 0.4) is 0 Å². The molecule has 0 saturated carbocycles. The maximum Gasteiger partial charge on any atom is 0.224 e. The number of fused-ring (bicyclic) bond motifs is 1. The first kappa shape index (κ1) is 14.6. The highest BCUT2D eigenvalue weighted by atomic mass is 16.2. The number of hydrogen-bond acceptors (Lipinski definition) is 2. The molecule has 0 aliphatic heterocycles. The molecule has 0 bridgehead atoms. The van der Waals surface area contributed by atoms with Crippen molar-refractivity contribution in [2.75, 3.05) is 6.61 Å². The van der Waals surface area contributed by atoms with Crippen LogP contribution in [0.5, 0.6) is 0 Å². The molecule has 4 nitrogen and oxygen atoms in total. The van der Waals surface area contributed by atoms with Crippen molar-refractivity contribution in [1.82, 2.24) is 10.3 Å². The average molecular weight is 274 g/mol. The van der Waals surface area contributed by atoms with Gasteiger partial charge < -0.3 is 15.4 Å². The standard InChI is InChI=1S/C16H22N2O2/c1-11-5-3-7-14-16(11)13(10-17-14)9-15(20)18-12(2)6-4-8-19/h3,5,7,10,12,17,19H,4,6,8-9H2,1-2H3,(H,18,20). The molecule has 2 rings (SSSR count). The van der Waals surface area contributed by atoms with E-state index in [-0.39, 0.29) is 18.6 Å². The lowest BCUT2D eigenvalue weighted by molar-refractivity contribution is -0.121. The van der Waals surface area contributed by atoms with Gasteiger partial charge in [0.25, 0.3) is 0 Å². The molecule has 4 heteroatoms. The zero-order chi connectivity index (χ0) is 14.5. The van der Waals surface area contributed by atoms with Crippen LogP contribution in [-0.4, -0.2) is 28.6 Å². The summed E-state index contributed by atoms with van der Waals surface area (Å²) in [4.78, 5) is 15.3. The number of aromatic amines is 1. The van der Waals surface area contributed by atoms with Crippen molar-refractivity contribution in [1.29, 1.82) is 0 Å². The molecule has 3 N–H and O–H groups in total. The van der Waals surface area contributed by atoms with Gasteiger partial charge in [-0.25, -0.2) is 0 Å². The smallest absolute Gasteiger partial charge is 0.224 e. The van der Waals surface area contributed by atoms with E-state index in [9.17, 15) is 4.79 Å². The Labute approximate surface area is 119 Å². The largest absolute Gasteiger partial charge is 0.396 e. The van der Waals surface area contributed by atoms with Gasteiger partial charge in [-0.15, -0.1) is 0 Å². The van der Waals surface area contributed by atoms with E-state index in [1.165, 1.54) is 5.56 Å². The molecule has 1 atom stereocenters. The molecular formula is C16H22N2O2. The van der Waals surface area contributed by atoms with Crippen LogP contribution in [0, 0.1) is 6.92 Å². The Balaban J connectivity index is 2.03. The molecule has 108 valence electrons. The third-order valence-corrected chi connectivity index (χ3v) is 3.55. The average Bonchev–Trinajstić information content (AvgIpc) is 2.81. The summed E-state index contributed by atoms with van der Waals surface area (Å²) in [6.45, 7) is 4.19. The molecule has 1 aromatic heterocycles. The van der Waals surface area contributed by atoms with E-state index in [1.807, 2.05) is 25.3 Å². The van der Waals surface area contributed by atoms with Crippen molar-refractivity contribution < 1.29 is 9.90 Å². The summed E-state index contributed by atoms with van der Waals surface area (Å²) >= 11 is 0. The summed E-state index contributed by atoms with van der Waals surface area (Å²) in [5, 5.41) is 12.9. The minimum Gasteiger partial charge on any atom is -0.396 e. The normalized spacial score (nSPS) is 12.6. The third kappa shape index (κ3) is 3.39. The van der Waals surface area contributed by atoms with E-state index in [4.69, 9.17) is 5.11 Å². The Hall–Kier alpha value is -1.81. The van der Waals surface area contributed by atoms with E-state index in [0.29, 0.717) is 12.8 Å². The van der Waals surface area contributed by atoms with Crippen molar-refractivity contribution in [3.05, 3.63) is 35.5 Å². The minimum absolute atomic E-state index is 0.0274. The zero-order valence-corrected chi connectivity index (χ0v) is 12.1. The van der Waals surface area contributed by atoms with E-state index in [1.54, 1.807) is 0 Å². The number of benzene rings is 1. The Morgan fingerprint density at radius 1 is 1.45 bits per heavy atom. The molecule has 0 aliphatic rings. The van der Waals surface area contributed by atoms with E-state index in [0.717, 1.165) is 22.9 Å². The van der Waals surface area contributed by atoms with Crippen molar-refractivity contribution in [3.8, 4) is 0 Å². The summed E-state index contributed by atoms with van der Waals surface area (Å²) in [5.74, 6) is 0.0274. The predicted molar refractivity (Wildman–Crippen MR) is 80.7 cm³/mol. The highest BCUT2D eigenvalue weighted by Crippen LogP contribution is 2.22. The molecule has 0 fully saturated rings. The van der Waals surface area contributed by atoms with Crippen LogP contribution in [0.4, 0.5) is 0 Å². The molecule has 1 heterocycles. The van der Waals surface area contributed by atoms with Crippen LogP contribution in [0.15, 0.2) is 24.4 Å². The van der Waals surface area contributed by atoms with Gasteiger partial charge in [-0.05, 0) is 43.9 Å². The lowest BCUT2D eigenvalue weighted by Gasteiger charge is -2.13. The zero-order valence-electron chi connectivity index (χ0n) is 12.1. The Bertz CT molecular complexity index is 589. The fraction of sp³-hybridized carbons (Fsp3) is 0.438. The number of aromatic nitrogens is 1. The highest BCUT2D eigenvalue weighted by molar-refractivity contribution is 5.91. The molecule has 1 aromatic carbocycles.